The standard InChI is InChI=1S/C17H30N6O6/c1-2-3-7-28-17(27)22-13(15(25)26)10-21-14(24)9-12-8-11(23-29-12)5-4-6-20-16(18)19/h12-13H,2-10H2,1H3,(H,21,24)(H,22,27)(H,25,26)(H4,18,19,20)/t12?,13-/m0/s1. The van der Waals surface area contributed by atoms with Gasteiger partial charge in [-0.2, -0.15) is 0 Å². The molecule has 1 heterocycles. The number of nitrogens with zero attached hydrogens (tertiary/aromatic N) is 2. The number of nitrogens with two attached hydrogens (primary N) is 2. The fraction of sp³-hybridized carbons (Fsp3) is 0.706. The van der Waals surface area contributed by atoms with Gasteiger partial charge >= 0.3 is 12.1 Å². The Kier molecular flexibility index (Phi) is 10.9. The van der Waals surface area contributed by atoms with Gasteiger partial charge in [0, 0.05) is 19.5 Å². The van der Waals surface area contributed by atoms with Crippen molar-refractivity contribution in [3.63, 3.8) is 0 Å². The number of aliphatic imine (C=N–C) groups is 1. The summed E-state index contributed by atoms with van der Waals surface area (Å²) < 4.78 is 4.86. The second kappa shape index (κ2) is 13.2. The number of alkyl carbamates (subject to hydrolysis) is 1. The number of guanidine groups is 1. The van der Waals surface area contributed by atoms with Crippen LogP contribution in [0.4, 0.5) is 4.79 Å². The number of nitrogens with one attached hydrogen (secondary N) is 2. The van der Waals surface area contributed by atoms with E-state index in [1.165, 1.54) is 0 Å². The molecule has 0 aromatic heterocycles. The molecule has 0 saturated heterocycles. The average molecular weight is 414 g/mol. The lowest BCUT2D eigenvalue weighted by molar-refractivity contribution is -0.139. The largest absolute Gasteiger partial charge is 0.480 e. The van der Waals surface area contributed by atoms with Gasteiger partial charge in [0.15, 0.2) is 5.96 Å². The maximum Gasteiger partial charge on any atom is 0.407 e. The van der Waals surface area contributed by atoms with Gasteiger partial charge in [-0.1, -0.05) is 18.5 Å². The lowest BCUT2D eigenvalue weighted by Crippen LogP contribution is -2.48. The van der Waals surface area contributed by atoms with E-state index in [4.69, 9.17) is 21.0 Å². The van der Waals surface area contributed by atoms with Crippen molar-refractivity contribution < 1.29 is 29.1 Å². The molecule has 7 N–H and O–H groups in total. The van der Waals surface area contributed by atoms with Crippen molar-refractivity contribution in [2.45, 2.75) is 57.6 Å². The fourth-order valence-corrected chi connectivity index (χ4v) is 2.42. The highest BCUT2D eigenvalue weighted by Gasteiger charge is 2.25. The molecule has 12 nitrogen and oxygen atoms in total. The smallest absolute Gasteiger partial charge is 0.407 e. The van der Waals surface area contributed by atoms with E-state index in [1.54, 1.807) is 0 Å². The maximum absolute atomic E-state index is 12.0. The van der Waals surface area contributed by atoms with E-state index < -0.39 is 30.1 Å². The molecule has 12 heteroatoms. The Balaban J connectivity index is 2.28. The van der Waals surface area contributed by atoms with Gasteiger partial charge in [0.05, 0.1) is 18.7 Å². The van der Waals surface area contributed by atoms with E-state index in [0.717, 1.165) is 12.1 Å². The SMILES string of the molecule is CCCCOC(=O)N[C@@H](CNC(=O)CC1CC(CCCN=C(N)N)=NO1)C(=O)O. The third-order valence-corrected chi connectivity index (χ3v) is 3.95. The van der Waals surface area contributed by atoms with Crippen molar-refractivity contribution >= 4 is 29.6 Å². The number of hydrogen-bond donors (Lipinski definition) is 5. The van der Waals surface area contributed by atoms with Gasteiger partial charge in [-0.15, -0.1) is 0 Å². The minimum atomic E-state index is -1.29. The molecule has 0 spiro atoms. The second-order valence-corrected chi connectivity index (χ2v) is 6.53. The molecule has 0 aromatic rings. The van der Waals surface area contributed by atoms with Gasteiger partial charge < -0.3 is 36.8 Å². The molecular formula is C17H30N6O6. The quantitative estimate of drug-likeness (QED) is 0.154. The van der Waals surface area contributed by atoms with E-state index >= 15 is 0 Å². The van der Waals surface area contributed by atoms with Gasteiger partial charge in [-0.3, -0.25) is 9.79 Å². The summed E-state index contributed by atoms with van der Waals surface area (Å²) in [5, 5.41) is 17.8. The van der Waals surface area contributed by atoms with E-state index in [0.29, 0.717) is 32.2 Å². The van der Waals surface area contributed by atoms with Crippen molar-refractivity contribution in [2.75, 3.05) is 19.7 Å². The van der Waals surface area contributed by atoms with Gasteiger partial charge in [0.25, 0.3) is 0 Å². The van der Waals surface area contributed by atoms with Crippen molar-refractivity contribution in [3.05, 3.63) is 0 Å². The third kappa shape index (κ3) is 10.8. The van der Waals surface area contributed by atoms with Gasteiger partial charge in [0.2, 0.25) is 5.91 Å². The first kappa shape index (κ1) is 24.0. The Bertz CT molecular complexity index is 620. The van der Waals surface area contributed by atoms with Crippen LogP contribution >= 0.6 is 0 Å². The number of hydrogen-bond acceptors (Lipinski definition) is 7. The van der Waals surface area contributed by atoms with Crippen LogP contribution in [0.5, 0.6) is 0 Å². The molecule has 2 atom stereocenters. The number of amides is 2. The Morgan fingerprint density at radius 3 is 2.79 bits per heavy atom. The molecule has 1 rings (SSSR count). The molecule has 1 unspecified atom stereocenters. The Morgan fingerprint density at radius 1 is 1.38 bits per heavy atom. The number of ether oxygens (including phenoxy) is 1. The summed E-state index contributed by atoms with van der Waals surface area (Å²) >= 11 is 0. The minimum absolute atomic E-state index is 0.0220. The summed E-state index contributed by atoms with van der Waals surface area (Å²) in [7, 11) is 0. The zero-order valence-corrected chi connectivity index (χ0v) is 16.6. The van der Waals surface area contributed by atoms with Crippen LogP contribution in [0.25, 0.3) is 0 Å². The van der Waals surface area contributed by atoms with Crippen LogP contribution in [0.3, 0.4) is 0 Å². The van der Waals surface area contributed by atoms with Crippen molar-refractivity contribution in [1.29, 1.82) is 0 Å². The summed E-state index contributed by atoms with van der Waals surface area (Å²) in [6.07, 6.45) is 2.16. The summed E-state index contributed by atoms with van der Waals surface area (Å²) in [5.41, 5.74) is 11.3. The van der Waals surface area contributed by atoms with Crippen LogP contribution in [0.2, 0.25) is 0 Å². The first-order valence-corrected chi connectivity index (χ1v) is 9.51. The van der Waals surface area contributed by atoms with Crippen LogP contribution in [0.15, 0.2) is 10.1 Å². The molecular weight excluding hydrogens is 384 g/mol. The van der Waals surface area contributed by atoms with Crippen LogP contribution < -0.4 is 22.1 Å². The molecule has 2 amide bonds. The number of unbranched alkanes of at least 4 members (excludes halogenated alkanes) is 1. The highest BCUT2D eigenvalue weighted by molar-refractivity contribution is 5.87. The number of rotatable bonds is 13. The number of oxime groups is 1. The van der Waals surface area contributed by atoms with E-state index in [1.807, 2.05) is 6.92 Å². The maximum atomic E-state index is 12.0. The summed E-state index contributed by atoms with van der Waals surface area (Å²) in [6, 6.07) is -1.29. The molecule has 0 saturated carbocycles. The third-order valence-electron chi connectivity index (χ3n) is 3.95. The van der Waals surface area contributed by atoms with Crippen LogP contribution in [0.1, 0.15) is 45.4 Å². The zero-order chi connectivity index (χ0) is 21.6. The number of aliphatic carboxylic acids is 1. The zero-order valence-electron chi connectivity index (χ0n) is 16.6. The average Bonchev–Trinajstić information content (AvgIpc) is 3.09. The van der Waals surface area contributed by atoms with Crippen LogP contribution in [-0.2, 0) is 19.2 Å². The topological polar surface area (TPSA) is 191 Å². The van der Waals surface area contributed by atoms with E-state index in [-0.39, 0.29) is 25.5 Å². The fourth-order valence-electron chi connectivity index (χ4n) is 2.42. The molecule has 164 valence electrons. The van der Waals surface area contributed by atoms with Crippen molar-refractivity contribution in [1.82, 2.24) is 10.6 Å². The van der Waals surface area contributed by atoms with Crippen LogP contribution in [-0.4, -0.2) is 66.6 Å². The Hall–Kier alpha value is -3.05. The molecule has 0 aromatic carbocycles. The summed E-state index contributed by atoms with van der Waals surface area (Å²) in [6.45, 7) is 2.35. The highest BCUT2D eigenvalue weighted by atomic mass is 16.6. The first-order chi connectivity index (χ1) is 13.8. The number of carboxylic acid groups (broad SMARTS) is 1. The van der Waals surface area contributed by atoms with Crippen LogP contribution in [0, 0.1) is 0 Å². The Morgan fingerprint density at radius 2 is 2.14 bits per heavy atom. The second-order valence-electron chi connectivity index (χ2n) is 6.53. The number of carbonyl (C=O) groups is 3. The molecule has 0 radical (unpaired) electrons. The normalized spacial score (nSPS) is 16.2. The lowest BCUT2D eigenvalue weighted by Gasteiger charge is -2.16. The van der Waals surface area contributed by atoms with Crippen molar-refractivity contribution in [2.24, 2.45) is 21.6 Å². The molecule has 0 aliphatic carbocycles. The molecule has 0 fully saturated rings. The Labute approximate surface area is 169 Å². The number of carboxylic acids is 1. The summed E-state index contributed by atoms with van der Waals surface area (Å²) in [4.78, 5) is 44.0. The number of carbonyl (C=O) groups excluding carboxylic acids is 2. The van der Waals surface area contributed by atoms with Crippen molar-refractivity contribution in [3.8, 4) is 0 Å². The molecule has 1 aliphatic heterocycles. The lowest BCUT2D eigenvalue weighted by atomic mass is 10.1. The predicted molar refractivity (Wildman–Crippen MR) is 105 cm³/mol. The summed E-state index contributed by atoms with van der Waals surface area (Å²) in [5.74, 6) is -1.65. The molecule has 1 aliphatic rings. The predicted octanol–water partition coefficient (Wildman–Crippen LogP) is -0.329. The first-order valence-electron chi connectivity index (χ1n) is 9.51. The van der Waals surface area contributed by atoms with Gasteiger partial charge in [-0.05, 0) is 19.3 Å². The minimum Gasteiger partial charge on any atom is -0.480 e. The monoisotopic (exact) mass is 414 g/mol. The van der Waals surface area contributed by atoms with Gasteiger partial charge in [0.1, 0.15) is 12.1 Å². The van der Waals surface area contributed by atoms with E-state index in [2.05, 4.69) is 20.8 Å². The van der Waals surface area contributed by atoms with Gasteiger partial charge in [-0.25, -0.2) is 9.59 Å². The molecule has 29 heavy (non-hydrogen) atoms. The van der Waals surface area contributed by atoms with E-state index in [9.17, 15) is 19.5 Å². The molecule has 0 bridgehead atoms. The highest BCUT2D eigenvalue weighted by Crippen LogP contribution is 2.16.